The maximum Gasteiger partial charge on any atom is 0.231 e. The van der Waals surface area contributed by atoms with Crippen molar-refractivity contribution in [3.8, 4) is 0 Å². The van der Waals surface area contributed by atoms with Crippen LogP contribution in [0.25, 0.3) is 0 Å². The SMILES string of the molecule is [CH]=CCC(N1C(=O)CCC1=O)N1C(=O)CCC1=O. The maximum atomic E-state index is 11.7. The molecule has 0 spiro atoms. The number of hydrogen-bond acceptors (Lipinski definition) is 4. The molecule has 18 heavy (non-hydrogen) atoms. The molecule has 0 saturated carbocycles. The Labute approximate surface area is 104 Å². The van der Waals surface area contributed by atoms with Gasteiger partial charge in [0.2, 0.25) is 23.6 Å². The second-order valence-corrected chi connectivity index (χ2v) is 4.27. The molecule has 2 saturated heterocycles. The van der Waals surface area contributed by atoms with Gasteiger partial charge in [0.05, 0.1) is 0 Å². The van der Waals surface area contributed by atoms with Crippen LogP contribution in [0.15, 0.2) is 6.08 Å². The number of rotatable bonds is 4. The third-order valence-corrected chi connectivity index (χ3v) is 3.12. The quantitative estimate of drug-likeness (QED) is 0.657. The average molecular weight is 249 g/mol. The second kappa shape index (κ2) is 4.72. The minimum atomic E-state index is -0.889. The Hall–Kier alpha value is -1.98. The molecule has 0 unspecified atom stereocenters. The normalized spacial score (nSPS) is 20.5. The van der Waals surface area contributed by atoms with Crippen molar-refractivity contribution >= 4 is 23.6 Å². The van der Waals surface area contributed by atoms with Crippen LogP contribution >= 0.6 is 0 Å². The zero-order valence-corrected chi connectivity index (χ0v) is 9.80. The molecule has 0 aromatic rings. The van der Waals surface area contributed by atoms with Crippen LogP contribution in [0.2, 0.25) is 0 Å². The van der Waals surface area contributed by atoms with Crippen LogP contribution in [0.5, 0.6) is 0 Å². The summed E-state index contributed by atoms with van der Waals surface area (Å²) in [6.07, 6.45) is 0.954. The van der Waals surface area contributed by atoms with Crippen molar-refractivity contribution in [2.45, 2.75) is 38.3 Å². The van der Waals surface area contributed by atoms with Crippen LogP contribution in [0, 0.1) is 6.58 Å². The van der Waals surface area contributed by atoms with Crippen molar-refractivity contribution in [2.24, 2.45) is 0 Å². The lowest BCUT2D eigenvalue weighted by atomic mass is 10.2. The molecule has 0 aromatic heterocycles. The highest BCUT2D eigenvalue weighted by atomic mass is 16.2. The summed E-state index contributed by atoms with van der Waals surface area (Å²) >= 11 is 0. The summed E-state index contributed by atoms with van der Waals surface area (Å²) in [7, 11) is 0. The smallest absolute Gasteiger partial charge is 0.231 e. The van der Waals surface area contributed by atoms with Crippen LogP contribution in [-0.4, -0.2) is 39.6 Å². The molecule has 2 heterocycles. The van der Waals surface area contributed by atoms with Crippen LogP contribution < -0.4 is 0 Å². The predicted molar refractivity (Wildman–Crippen MR) is 59.4 cm³/mol. The van der Waals surface area contributed by atoms with Crippen molar-refractivity contribution in [1.29, 1.82) is 0 Å². The van der Waals surface area contributed by atoms with E-state index in [4.69, 9.17) is 6.58 Å². The summed E-state index contributed by atoms with van der Waals surface area (Å²) in [5, 5.41) is 0. The van der Waals surface area contributed by atoms with E-state index in [0.29, 0.717) is 0 Å². The minimum Gasteiger partial charge on any atom is -0.274 e. The van der Waals surface area contributed by atoms with Crippen molar-refractivity contribution in [3.05, 3.63) is 12.7 Å². The minimum absolute atomic E-state index is 0.106. The molecule has 4 amide bonds. The molecule has 0 bridgehead atoms. The van der Waals surface area contributed by atoms with Gasteiger partial charge in [-0.2, -0.15) is 0 Å². The zero-order valence-electron chi connectivity index (χ0n) is 9.80. The van der Waals surface area contributed by atoms with E-state index in [2.05, 4.69) is 0 Å². The van der Waals surface area contributed by atoms with Gasteiger partial charge < -0.3 is 0 Å². The largest absolute Gasteiger partial charge is 0.274 e. The lowest BCUT2D eigenvalue weighted by Crippen LogP contribution is -2.52. The fourth-order valence-corrected chi connectivity index (χ4v) is 2.30. The maximum absolute atomic E-state index is 11.7. The fraction of sp³-hybridized carbons (Fsp3) is 0.500. The Bertz CT molecular complexity index is 375. The molecule has 0 aromatic carbocycles. The summed E-state index contributed by atoms with van der Waals surface area (Å²) in [6.45, 7) is 5.32. The van der Waals surface area contributed by atoms with Gasteiger partial charge in [-0.3, -0.25) is 29.0 Å². The molecule has 0 N–H and O–H groups in total. The second-order valence-electron chi connectivity index (χ2n) is 4.27. The first-order valence-electron chi connectivity index (χ1n) is 5.79. The van der Waals surface area contributed by atoms with Gasteiger partial charge in [-0.1, -0.05) is 12.7 Å². The number of imide groups is 2. The monoisotopic (exact) mass is 249 g/mol. The van der Waals surface area contributed by atoms with E-state index < -0.39 is 6.17 Å². The topological polar surface area (TPSA) is 74.8 Å². The highest BCUT2D eigenvalue weighted by molar-refractivity contribution is 6.06. The number of likely N-dealkylation sites (tertiary alicyclic amines) is 2. The lowest BCUT2D eigenvalue weighted by Gasteiger charge is -2.31. The molecule has 6 heteroatoms. The Morgan fingerprint density at radius 2 is 1.22 bits per heavy atom. The highest BCUT2D eigenvalue weighted by Crippen LogP contribution is 2.25. The van der Waals surface area contributed by atoms with E-state index in [1.807, 2.05) is 0 Å². The van der Waals surface area contributed by atoms with Crippen molar-refractivity contribution in [3.63, 3.8) is 0 Å². The number of nitrogens with zero attached hydrogens (tertiary/aromatic N) is 2. The zero-order chi connectivity index (χ0) is 13.3. The summed E-state index contributed by atoms with van der Waals surface area (Å²) < 4.78 is 0. The Kier molecular flexibility index (Phi) is 3.27. The van der Waals surface area contributed by atoms with E-state index in [-0.39, 0.29) is 55.7 Å². The Balaban J connectivity index is 2.30. The first-order valence-corrected chi connectivity index (χ1v) is 5.79. The van der Waals surface area contributed by atoms with Crippen molar-refractivity contribution in [2.75, 3.05) is 0 Å². The van der Waals surface area contributed by atoms with E-state index in [1.54, 1.807) is 0 Å². The van der Waals surface area contributed by atoms with Gasteiger partial charge in [0.1, 0.15) is 6.17 Å². The van der Waals surface area contributed by atoms with Gasteiger partial charge in [-0.15, -0.1) is 0 Å². The number of carbonyl (C=O) groups is 4. The lowest BCUT2D eigenvalue weighted by molar-refractivity contribution is -0.153. The van der Waals surface area contributed by atoms with Crippen molar-refractivity contribution < 1.29 is 19.2 Å². The molecule has 1 radical (unpaired) electrons. The van der Waals surface area contributed by atoms with Gasteiger partial charge in [0.25, 0.3) is 0 Å². The first kappa shape index (κ1) is 12.5. The highest BCUT2D eigenvalue weighted by Gasteiger charge is 2.43. The summed E-state index contributed by atoms with van der Waals surface area (Å²) in [5.41, 5.74) is 0. The molecular weight excluding hydrogens is 236 g/mol. The summed E-state index contributed by atoms with van der Waals surface area (Å²) in [5.74, 6) is -1.45. The number of carbonyl (C=O) groups excluding carboxylic acids is 4. The molecule has 2 fully saturated rings. The Morgan fingerprint density at radius 1 is 0.889 bits per heavy atom. The van der Waals surface area contributed by atoms with Gasteiger partial charge >= 0.3 is 0 Å². The molecule has 2 aliphatic heterocycles. The summed E-state index contributed by atoms with van der Waals surface area (Å²) in [4.78, 5) is 48.7. The third-order valence-electron chi connectivity index (χ3n) is 3.12. The number of amides is 4. The molecule has 2 aliphatic rings. The van der Waals surface area contributed by atoms with Gasteiger partial charge in [0.15, 0.2) is 0 Å². The fourth-order valence-electron chi connectivity index (χ4n) is 2.30. The van der Waals surface area contributed by atoms with E-state index in [9.17, 15) is 19.2 Å². The average Bonchev–Trinajstić information content (AvgIpc) is 2.82. The van der Waals surface area contributed by atoms with E-state index in [0.717, 1.165) is 9.80 Å². The molecule has 0 aliphatic carbocycles. The standard InChI is InChI=1S/C12H13N2O4/c1-2-3-8(13-9(15)4-5-10(13)16)14-11(17)6-7-12(14)18/h1-2,8H,3-7H2. The Morgan fingerprint density at radius 3 is 1.50 bits per heavy atom. The third kappa shape index (κ3) is 1.94. The molecule has 2 rings (SSSR count). The van der Waals surface area contributed by atoms with Crippen LogP contribution in [0.1, 0.15) is 32.1 Å². The molecule has 6 nitrogen and oxygen atoms in total. The molecule has 0 atom stereocenters. The number of hydrogen-bond donors (Lipinski definition) is 0. The summed E-state index contributed by atoms with van der Waals surface area (Å²) in [6, 6.07) is 0. The molecular formula is C12H13N2O4. The van der Waals surface area contributed by atoms with Gasteiger partial charge in [0, 0.05) is 32.1 Å². The van der Waals surface area contributed by atoms with Crippen LogP contribution in [0.3, 0.4) is 0 Å². The molecule has 95 valence electrons. The van der Waals surface area contributed by atoms with Crippen molar-refractivity contribution in [1.82, 2.24) is 9.80 Å². The van der Waals surface area contributed by atoms with E-state index >= 15 is 0 Å². The first-order chi connectivity index (χ1) is 8.56. The van der Waals surface area contributed by atoms with Gasteiger partial charge in [-0.05, 0) is 0 Å². The van der Waals surface area contributed by atoms with Gasteiger partial charge in [-0.25, -0.2) is 0 Å². The van der Waals surface area contributed by atoms with E-state index in [1.165, 1.54) is 6.08 Å². The van der Waals surface area contributed by atoms with Crippen LogP contribution in [0.4, 0.5) is 0 Å². The predicted octanol–water partition coefficient (Wildman–Crippen LogP) is -0.0102. The van der Waals surface area contributed by atoms with Crippen LogP contribution in [-0.2, 0) is 19.2 Å².